The van der Waals surface area contributed by atoms with Crippen molar-refractivity contribution < 1.29 is 4.79 Å². The summed E-state index contributed by atoms with van der Waals surface area (Å²) in [7, 11) is 0. The van der Waals surface area contributed by atoms with E-state index < -0.39 is 0 Å². The van der Waals surface area contributed by atoms with E-state index in [4.69, 9.17) is 5.73 Å². The SMILES string of the molecule is Cl.NC1CCN(CC(=O)Nc2cccc(I)c2)CC1. The zero-order chi connectivity index (χ0) is 13.0. The van der Waals surface area contributed by atoms with Gasteiger partial charge in [0, 0.05) is 28.4 Å². The first-order valence-electron chi connectivity index (χ1n) is 6.17. The number of nitrogens with two attached hydrogens (primary N) is 1. The van der Waals surface area contributed by atoms with Gasteiger partial charge in [-0.3, -0.25) is 9.69 Å². The number of amides is 1. The van der Waals surface area contributed by atoms with Gasteiger partial charge < -0.3 is 11.1 Å². The van der Waals surface area contributed by atoms with Gasteiger partial charge in [0.2, 0.25) is 5.91 Å². The summed E-state index contributed by atoms with van der Waals surface area (Å²) >= 11 is 2.23. The third-order valence-electron chi connectivity index (χ3n) is 3.11. The highest BCUT2D eigenvalue weighted by Gasteiger charge is 2.18. The van der Waals surface area contributed by atoms with Crippen molar-refractivity contribution in [2.45, 2.75) is 18.9 Å². The number of anilines is 1. The van der Waals surface area contributed by atoms with Crippen LogP contribution in [0.1, 0.15) is 12.8 Å². The number of nitrogens with zero attached hydrogens (tertiary/aromatic N) is 1. The highest BCUT2D eigenvalue weighted by molar-refractivity contribution is 14.1. The minimum Gasteiger partial charge on any atom is -0.328 e. The van der Waals surface area contributed by atoms with Gasteiger partial charge in [0.1, 0.15) is 0 Å². The molecule has 1 amide bonds. The smallest absolute Gasteiger partial charge is 0.238 e. The van der Waals surface area contributed by atoms with Crippen LogP contribution in [0.5, 0.6) is 0 Å². The number of benzene rings is 1. The van der Waals surface area contributed by atoms with Crippen LogP contribution in [0.15, 0.2) is 24.3 Å². The third-order valence-corrected chi connectivity index (χ3v) is 3.78. The molecular formula is C13H19ClIN3O. The Morgan fingerprint density at radius 3 is 2.74 bits per heavy atom. The zero-order valence-electron chi connectivity index (χ0n) is 10.6. The molecule has 0 radical (unpaired) electrons. The fourth-order valence-electron chi connectivity index (χ4n) is 2.08. The van der Waals surface area contributed by atoms with Crippen molar-refractivity contribution in [3.05, 3.63) is 27.8 Å². The lowest BCUT2D eigenvalue weighted by Gasteiger charge is -2.29. The van der Waals surface area contributed by atoms with Crippen LogP contribution >= 0.6 is 35.0 Å². The average Bonchev–Trinajstić information content (AvgIpc) is 2.32. The van der Waals surface area contributed by atoms with E-state index in [1.807, 2.05) is 24.3 Å². The highest BCUT2D eigenvalue weighted by Crippen LogP contribution is 2.13. The molecule has 1 aromatic rings. The molecule has 1 aliphatic heterocycles. The maximum atomic E-state index is 11.9. The van der Waals surface area contributed by atoms with E-state index in [0.29, 0.717) is 12.6 Å². The molecule has 1 heterocycles. The van der Waals surface area contributed by atoms with Gasteiger partial charge in [-0.25, -0.2) is 0 Å². The molecule has 0 unspecified atom stereocenters. The first-order chi connectivity index (χ1) is 8.63. The lowest BCUT2D eigenvalue weighted by atomic mass is 10.1. The molecular weight excluding hydrogens is 377 g/mol. The number of carbonyl (C=O) groups is 1. The summed E-state index contributed by atoms with van der Waals surface area (Å²) in [5, 5.41) is 2.92. The molecule has 0 aliphatic carbocycles. The Balaban J connectivity index is 0.00000180. The highest BCUT2D eigenvalue weighted by atomic mass is 127. The van der Waals surface area contributed by atoms with E-state index in [-0.39, 0.29) is 18.3 Å². The zero-order valence-corrected chi connectivity index (χ0v) is 13.6. The van der Waals surface area contributed by atoms with Gasteiger partial charge in [0.25, 0.3) is 0 Å². The molecule has 4 nitrogen and oxygen atoms in total. The van der Waals surface area contributed by atoms with Crippen molar-refractivity contribution in [3.8, 4) is 0 Å². The number of piperidine rings is 1. The number of hydrogen-bond donors (Lipinski definition) is 2. The number of likely N-dealkylation sites (tertiary alicyclic amines) is 1. The molecule has 1 fully saturated rings. The predicted octanol–water partition coefficient (Wildman–Crippen LogP) is 2.07. The van der Waals surface area contributed by atoms with Crippen molar-refractivity contribution in [1.82, 2.24) is 4.90 Å². The molecule has 0 bridgehead atoms. The van der Waals surface area contributed by atoms with E-state index in [2.05, 4.69) is 32.8 Å². The van der Waals surface area contributed by atoms with Crippen LogP contribution in [0.2, 0.25) is 0 Å². The summed E-state index contributed by atoms with van der Waals surface area (Å²) in [6.07, 6.45) is 1.97. The van der Waals surface area contributed by atoms with Crippen LogP contribution in [-0.4, -0.2) is 36.5 Å². The quantitative estimate of drug-likeness (QED) is 0.771. The van der Waals surface area contributed by atoms with Crippen LogP contribution in [0.3, 0.4) is 0 Å². The lowest BCUT2D eigenvalue weighted by Crippen LogP contribution is -2.43. The van der Waals surface area contributed by atoms with Crippen molar-refractivity contribution in [2.75, 3.05) is 25.0 Å². The van der Waals surface area contributed by atoms with Crippen LogP contribution in [-0.2, 0) is 4.79 Å². The van der Waals surface area contributed by atoms with Crippen molar-refractivity contribution in [3.63, 3.8) is 0 Å². The van der Waals surface area contributed by atoms with Crippen molar-refractivity contribution >= 4 is 46.6 Å². The Hall–Kier alpha value is -0.370. The van der Waals surface area contributed by atoms with Gasteiger partial charge in [0.05, 0.1) is 6.54 Å². The molecule has 0 atom stereocenters. The van der Waals surface area contributed by atoms with Crippen molar-refractivity contribution in [1.29, 1.82) is 0 Å². The maximum Gasteiger partial charge on any atom is 0.238 e. The number of rotatable bonds is 3. The second-order valence-electron chi connectivity index (χ2n) is 4.67. The molecule has 6 heteroatoms. The van der Waals surface area contributed by atoms with E-state index in [0.717, 1.165) is 35.2 Å². The number of nitrogens with one attached hydrogen (secondary N) is 1. The minimum absolute atomic E-state index is 0. The third kappa shape index (κ3) is 5.64. The normalized spacial score (nSPS) is 16.7. The Bertz CT molecular complexity index is 422. The second kappa shape index (κ2) is 8.04. The monoisotopic (exact) mass is 395 g/mol. The fourth-order valence-corrected chi connectivity index (χ4v) is 2.62. The van der Waals surface area contributed by atoms with Crippen LogP contribution in [0, 0.1) is 3.57 Å². The summed E-state index contributed by atoms with van der Waals surface area (Å²) in [6, 6.07) is 8.12. The van der Waals surface area contributed by atoms with Crippen LogP contribution in [0.4, 0.5) is 5.69 Å². The van der Waals surface area contributed by atoms with Gasteiger partial charge >= 0.3 is 0 Å². The van der Waals surface area contributed by atoms with E-state index >= 15 is 0 Å². The molecule has 0 aromatic heterocycles. The Morgan fingerprint density at radius 1 is 1.42 bits per heavy atom. The van der Waals surface area contributed by atoms with E-state index in [1.165, 1.54) is 0 Å². The Labute approximate surface area is 133 Å². The fraction of sp³-hybridized carbons (Fsp3) is 0.462. The van der Waals surface area contributed by atoms with Crippen LogP contribution < -0.4 is 11.1 Å². The Kier molecular flexibility index (Phi) is 7.06. The van der Waals surface area contributed by atoms with Gasteiger partial charge in [-0.15, -0.1) is 12.4 Å². The lowest BCUT2D eigenvalue weighted by molar-refractivity contribution is -0.117. The topological polar surface area (TPSA) is 58.4 Å². The van der Waals surface area contributed by atoms with Gasteiger partial charge in [-0.1, -0.05) is 6.07 Å². The van der Waals surface area contributed by atoms with Gasteiger partial charge in [-0.2, -0.15) is 0 Å². The number of carbonyl (C=O) groups excluding carboxylic acids is 1. The van der Waals surface area contributed by atoms with Crippen LogP contribution in [0.25, 0.3) is 0 Å². The minimum atomic E-state index is 0. The molecule has 2 rings (SSSR count). The molecule has 19 heavy (non-hydrogen) atoms. The first-order valence-corrected chi connectivity index (χ1v) is 7.25. The summed E-state index contributed by atoms with van der Waals surface area (Å²) in [5.74, 6) is 0.0486. The molecule has 106 valence electrons. The molecule has 3 N–H and O–H groups in total. The first kappa shape index (κ1) is 16.7. The largest absolute Gasteiger partial charge is 0.328 e. The maximum absolute atomic E-state index is 11.9. The Morgan fingerprint density at radius 2 is 2.11 bits per heavy atom. The number of hydrogen-bond acceptors (Lipinski definition) is 3. The summed E-state index contributed by atoms with van der Waals surface area (Å²) in [6.45, 7) is 2.29. The number of halogens is 2. The van der Waals surface area contributed by atoms with E-state index in [1.54, 1.807) is 0 Å². The molecule has 1 aromatic carbocycles. The summed E-state index contributed by atoms with van der Waals surface area (Å²) < 4.78 is 1.12. The molecule has 1 saturated heterocycles. The van der Waals surface area contributed by atoms with Crippen molar-refractivity contribution in [2.24, 2.45) is 5.73 Å². The molecule has 1 aliphatic rings. The van der Waals surface area contributed by atoms with Gasteiger partial charge in [0.15, 0.2) is 0 Å². The average molecular weight is 396 g/mol. The van der Waals surface area contributed by atoms with E-state index in [9.17, 15) is 4.79 Å². The molecule has 0 spiro atoms. The second-order valence-corrected chi connectivity index (χ2v) is 5.92. The standard InChI is InChI=1S/C13H18IN3O.ClH/c14-10-2-1-3-12(8-10)16-13(18)9-17-6-4-11(15)5-7-17;/h1-3,8,11H,4-7,9,15H2,(H,16,18);1H. The summed E-state index contributed by atoms with van der Waals surface area (Å²) in [4.78, 5) is 14.0. The summed E-state index contributed by atoms with van der Waals surface area (Å²) in [5.41, 5.74) is 6.70. The van der Waals surface area contributed by atoms with Gasteiger partial charge in [-0.05, 0) is 53.6 Å². The molecule has 0 saturated carbocycles. The predicted molar refractivity (Wildman–Crippen MR) is 88.7 cm³/mol.